The van der Waals surface area contributed by atoms with E-state index in [4.69, 9.17) is 4.74 Å². The molecule has 1 N–H and O–H groups in total. The molecule has 1 saturated heterocycles. The average molecular weight is 234 g/mol. The molecule has 1 heterocycles. The van der Waals surface area contributed by atoms with E-state index in [2.05, 4.69) is 11.4 Å². The lowest BCUT2D eigenvalue weighted by molar-refractivity contribution is 0.202. The maximum absolute atomic E-state index is 11.3. The highest BCUT2D eigenvalue weighted by Crippen LogP contribution is 2.16. The Kier molecular flexibility index (Phi) is 3.52. The number of carbonyl (C=O) groups excluding carboxylic acids is 1. The lowest BCUT2D eigenvalue weighted by Gasteiger charge is -2.15. The monoisotopic (exact) mass is 234 g/mol. The summed E-state index contributed by atoms with van der Waals surface area (Å²) < 4.78 is 5.66. The van der Waals surface area contributed by atoms with Gasteiger partial charge in [0.05, 0.1) is 6.54 Å². The van der Waals surface area contributed by atoms with Gasteiger partial charge in [-0.3, -0.25) is 0 Å². The predicted molar refractivity (Wildman–Crippen MR) is 66.4 cm³/mol. The highest BCUT2D eigenvalue weighted by molar-refractivity contribution is 5.76. The predicted octanol–water partition coefficient (Wildman–Crippen LogP) is 1.71. The molecule has 2 rings (SSSR count). The lowest BCUT2D eigenvalue weighted by Crippen LogP contribution is -2.31. The minimum atomic E-state index is 0.00835. The summed E-state index contributed by atoms with van der Waals surface area (Å²) in [6, 6.07) is 6.14. The number of amides is 2. The zero-order chi connectivity index (χ0) is 12.3. The van der Waals surface area contributed by atoms with Gasteiger partial charge in [0.2, 0.25) is 0 Å². The van der Waals surface area contributed by atoms with Crippen LogP contribution in [0.25, 0.3) is 0 Å². The molecule has 0 spiro atoms. The van der Waals surface area contributed by atoms with Crippen molar-refractivity contribution in [1.82, 2.24) is 10.2 Å². The SMILES string of the molecule is Cc1cc(C)cc(OCCN2CCNC2=O)c1. The van der Waals surface area contributed by atoms with Crippen molar-refractivity contribution in [2.24, 2.45) is 0 Å². The van der Waals surface area contributed by atoms with Gasteiger partial charge in [0, 0.05) is 13.1 Å². The van der Waals surface area contributed by atoms with Crippen LogP contribution in [0.15, 0.2) is 18.2 Å². The third kappa shape index (κ3) is 3.12. The zero-order valence-electron chi connectivity index (χ0n) is 10.3. The first-order valence-electron chi connectivity index (χ1n) is 5.89. The molecule has 1 aromatic rings. The Morgan fingerprint density at radius 1 is 1.29 bits per heavy atom. The van der Waals surface area contributed by atoms with Gasteiger partial charge in [0.15, 0.2) is 0 Å². The third-order valence-electron chi connectivity index (χ3n) is 2.77. The van der Waals surface area contributed by atoms with Gasteiger partial charge in [-0.2, -0.15) is 0 Å². The smallest absolute Gasteiger partial charge is 0.317 e. The molecular formula is C13H18N2O2. The highest BCUT2D eigenvalue weighted by atomic mass is 16.5. The molecule has 0 saturated carbocycles. The molecule has 17 heavy (non-hydrogen) atoms. The van der Waals surface area contributed by atoms with E-state index in [0.717, 1.165) is 18.8 Å². The van der Waals surface area contributed by atoms with Crippen LogP contribution in [-0.4, -0.2) is 37.2 Å². The average Bonchev–Trinajstić information content (AvgIpc) is 2.63. The Hall–Kier alpha value is -1.71. The van der Waals surface area contributed by atoms with E-state index in [1.807, 2.05) is 26.0 Å². The first kappa shape index (κ1) is 11.8. The maximum atomic E-state index is 11.3. The Bertz CT molecular complexity index is 398. The van der Waals surface area contributed by atoms with Crippen LogP contribution in [0.4, 0.5) is 4.79 Å². The second-order valence-electron chi connectivity index (χ2n) is 4.39. The van der Waals surface area contributed by atoms with Crippen molar-refractivity contribution in [3.8, 4) is 5.75 Å². The van der Waals surface area contributed by atoms with Crippen LogP contribution in [0, 0.1) is 13.8 Å². The molecule has 4 nitrogen and oxygen atoms in total. The number of rotatable bonds is 4. The summed E-state index contributed by atoms with van der Waals surface area (Å²) in [6.07, 6.45) is 0. The zero-order valence-corrected chi connectivity index (χ0v) is 10.3. The molecular weight excluding hydrogens is 216 g/mol. The van der Waals surface area contributed by atoms with E-state index in [9.17, 15) is 4.79 Å². The first-order valence-corrected chi connectivity index (χ1v) is 5.89. The molecule has 0 bridgehead atoms. The van der Waals surface area contributed by atoms with Gasteiger partial charge in [-0.1, -0.05) is 6.07 Å². The minimum absolute atomic E-state index is 0.00835. The third-order valence-corrected chi connectivity index (χ3v) is 2.77. The minimum Gasteiger partial charge on any atom is -0.492 e. The summed E-state index contributed by atoms with van der Waals surface area (Å²) in [5.41, 5.74) is 2.39. The van der Waals surface area contributed by atoms with Crippen LogP contribution >= 0.6 is 0 Å². The summed E-state index contributed by atoms with van der Waals surface area (Å²) in [5, 5.41) is 2.77. The Morgan fingerprint density at radius 3 is 2.59 bits per heavy atom. The van der Waals surface area contributed by atoms with Crippen LogP contribution in [-0.2, 0) is 0 Å². The summed E-state index contributed by atoms with van der Waals surface area (Å²) in [4.78, 5) is 13.1. The van der Waals surface area contributed by atoms with Crippen molar-refractivity contribution in [2.45, 2.75) is 13.8 Å². The van der Waals surface area contributed by atoms with Crippen LogP contribution in [0.3, 0.4) is 0 Å². The van der Waals surface area contributed by atoms with E-state index in [0.29, 0.717) is 13.2 Å². The van der Waals surface area contributed by atoms with Crippen LogP contribution in [0.2, 0.25) is 0 Å². The van der Waals surface area contributed by atoms with Gasteiger partial charge in [0.1, 0.15) is 12.4 Å². The number of benzene rings is 1. The van der Waals surface area contributed by atoms with Crippen molar-refractivity contribution in [2.75, 3.05) is 26.2 Å². The molecule has 2 amide bonds. The molecule has 1 fully saturated rings. The largest absolute Gasteiger partial charge is 0.492 e. The Balaban J connectivity index is 1.83. The number of nitrogens with zero attached hydrogens (tertiary/aromatic N) is 1. The first-order chi connectivity index (χ1) is 8.15. The van der Waals surface area contributed by atoms with Crippen molar-refractivity contribution < 1.29 is 9.53 Å². The van der Waals surface area contributed by atoms with E-state index < -0.39 is 0 Å². The number of carbonyl (C=O) groups is 1. The highest BCUT2D eigenvalue weighted by Gasteiger charge is 2.18. The van der Waals surface area contributed by atoms with Crippen LogP contribution < -0.4 is 10.1 Å². The molecule has 92 valence electrons. The number of hydrogen-bond donors (Lipinski definition) is 1. The fourth-order valence-corrected chi connectivity index (χ4v) is 2.01. The fraction of sp³-hybridized carbons (Fsp3) is 0.462. The van der Waals surface area contributed by atoms with Crippen LogP contribution in [0.5, 0.6) is 5.75 Å². The van der Waals surface area contributed by atoms with E-state index in [1.165, 1.54) is 11.1 Å². The number of nitrogens with one attached hydrogen (secondary N) is 1. The van der Waals surface area contributed by atoms with Crippen molar-refractivity contribution in [3.05, 3.63) is 29.3 Å². The molecule has 0 aromatic heterocycles. The van der Waals surface area contributed by atoms with Crippen LogP contribution in [0.1, 0.15) is 11.1 Å². The lowest BCUT2D eigenvalue weighted by atomic mass is 10.1. The standard InChI is InChI=1S/C13H18N2O2/c1-10-7-11(2)9-12(8-10)17-6-5-15-4-3-14-13(15)16/h7-9H,3-6H2,1-2H3,(H,14,16). The Labute approximate surface area is 102 Å². The quantitative estimate of drug-likeness (QED) is 0.861. The number of aryl methyl sites for hydroxylation is 2. The van der Waals surface area contributed by atoms with Gasteiger partial charge in [0.25, 0.3) is 0 Å². The molecule has 1 aliphatic heterocycles. The van der Waals surface area contributed by atoms with Crippen molar-refractivity contribution in [3.63, 3.8) is 0 Å². The van der Waals surface area contributed by atoms with E-state index in [1.54, 1.807) is 4.90 Å². The number of urea groups is 1. The van der Waals surface area contributed by atoms with Gasteiger partial charge in [-0.25, -0.2) is 4.79 Å². The second kappa shape index (κ2) is 5.08. The summed E-state index contributed by atoms with van der Waals surface area (Å²) >= 11 is 0. The number of hydrogen-bond acceptors (Lipinski definition) is 2. The van der Waals surface area contributed by atoms with Gasteiger partial charge >= 0.3 is 6.03 Å². The van der Waals surface area contributed by atoms with Gasteiger partial charge < -0.3 is 15.0 Å². The molecule has 0 unspecified atom stereocenters. The second-order valence-corrected chi connectivity index (χ2v) is 4.39. The molecule has 0 atom stereocenters. The van der Waals surface area contributed by atoms with Crippen molar-refractivity contribution in [1.29, 1.82) is 0 Å². The molecule has 1 aromatic carbocycles. The molecule has 0 radical (unpaired) electrons. The summed E-state index contributed by atoms with van der Waals surface area (Å²) in [5.74, 6) is 0.877. The van der Waals surface area contributed by atoms with E-state index >= 15 is 0 Å². The topological polar surface area (TPSA) is 41.6 Å². The van der Waals surface area contributed by atoms with Crippen molar-refractivity contribution >= 4 is 6.03 Å². The molecule has 1 aliphatic rings. The Morgan fingerprint density at radius 2 is 2.00 bits per heavy atom. The number of ether oxygens (including phenoxy) is 1. The maximum Gasteiger partial charge on any atom is 0.317 e. The van der Waals surface area contributed by atoms with Gasteiger partial charge in [-0.05, 0) is 37.1 Å². The van der Waals surface area contributed by atoms with E-state index in [-0.39, 0.29) is 6.03 Å². The summed E-state index contributed by atoms with van der Waals surface area (Å²) in [6.45, 7) is 6.79. The molecule has 4 heteroatoms. The normalized spacial score (nSPS) is 14.9. The molecule has 0 aliphatic carbocycles. The summed E-state index contributed by atoms with van der Waals surface area (Å²) in [7, 11) is 0. The fourth-order valence-electron chi connectivity index (χ4n) is 2.01. The van der Waals surface area contributed by atoms with Gasteiger partial charge in [-0.15, -0.1) is 0 Å².